The Hall–Kier alpha value is -0.940. The lowest BCUT2D eigenvalue weighted by Crippen LogP contribution is -2.41. The third-order valence-corrected chi connectivity index (χ3v) is 7.42. The van der Waals surface area contributed by atoms with Gasteiger partial charge in [-0.1, -0.05) is 0 Å². The molecule has 2 heterocycles. The zero-order chi connectivity index (χ0) is 14.9. The van der Waals surface area contributed by atoms with E-state index in [-0.39, 0.29) is 6.04 Å². The van der Waals surface area contributed by atoms with Crippen LogP contribution in [0.5, 0.6) is 0 Å². The predicted octanol–water partition coefficient (Wildman–Crippen LogP) is 1.77. The van der Waals surface area contributed by atoms with Crippen molar-refractivity contribution in [2.75, 3.05) is 19.6 Å². The number of hydrogen-bond acceptors (Lipinski definition) is 5. The number of thiophene rings is 1. The Bertz CT molecular complexity index is 637. The van der Waals surface area contributed by atoms with E-state index in [1.165, 1.54) is 0 Å². The first kappa shape index (κ1) is 15.0. The van der Waals surface area contributed by atoms with E-state index in [0.717, 1.165) is 50.1 Å². The maximum Gasteiger partial charge on any atom is 0.252 e. The number of nitriles is 1. The van der Waals surface area contributed by atoms with Crippen molar-refractivity contribution in [2.45, 2.75) is 35.9 Å². The van der Waals surface area contributed by atoms with Crippen LogP contribution >= 0.6 is 11.3 Å². The van der Waals surface area contributed by atoms with Crippen LogP contribution in [0.15, 0.2) is 16.3 Å². The normalized spacial score (nSPS) is 23.1. The SMILES string of the molecule is N#Cc1ccc(S(=O)(=O)N(CC2CCCNC2)C2CC2)s1. The minimum Gasteiger partial charge on any atom is -0.316 e. The van der Waals surface area contributed by atoms with Crippen LogP contribution in [0.2, 0.25) is 0 Å². The first-order valence-corrected chi connectivity index (χ1v) is 9.59. The quantitative estimate of drug-likeness (QED) is 0.895. The molecule has 0 aromatic carbocycles. The molecule has 1 aromatic heterocycles. The van der Waals surface area contributed by atoms with Crippen molar-refractivity contribution in [3.05, 3.63) is 17.0 Å². The van der Waals surface area contributed by atoms with Crippen LogP contribution in [0.1, 0.15) is 30.6 Å². The molecule has 1 N–H and O–H groups in total. The molecule has 2 fully saturated rings. The van der Waals surface area contributed by atoms with Crippen molar-refractivity contribution in [3.8, 4) is 6.07 Å². The second kappa shape index (κ2) is 6.05. The van der Waals surface area contributed by atoms with Crippen LogP contribution in [0.4, 0.5) is 0 Å². The fourth-order valence-corrected chi connectivity index (χ4v) is 5.77. The summed E-state index contributed by atoms with van der Waals surface area (Å²) in [5, 5.41) is 12.2. The van der Waals surface area contributed by atoms with E-state index in [1.54, 1.807) is 16.4 Å². The largest absolute Gasteiger partial charge is 0.316 e. The summed E-state index contributed by atoms with van der Waals surface area (Å²) in [6, 6.07) is 5.32. The number of nitrogens with zero attached hydrogens (tertiary/aromatic N) is 2. The maximum atomic E-state index is 12.8. The summed E-state index contributed by atoms with van der Waals surface area (Å²) in [5.41, 5.74) is 0. The van der Waals surface area contributed by atoms with Gasteiger partial charge in [0.1, 0.15) is 15.2 Å². The number of hydrogen-bond donors (Lipinski definition) is 1. The van der Waals surface area contributed by atoms with E-state index in [0.29, 0.717) is 21.5 Å². The fourth-order valence-electron chi connectivity index (χ4n) is 2.77. The third-order valence-electron chi connectivity index (χ3n) is 4.05. The third kappa shape index (κ3) is 3.29. The lowest BCUT2D eigenvalue weighted by Gasteiger charge is -2.29. The van der Waals surface area contributed by atoms with E-state index in [9.17, 15) is 8.42 Å². The number of piperidine rings is 1. The first-order chi connectivity index (χ1) is 10.1. The minimum atomic E-state index is -3.45. The minimum absolute atomic E-state index is 0.157. The van der Waals surface area contributed by atoms with Gasteiger partial charge in [0.05, 0.1) is 0 Å². The molecule has 0 amide bonds. The van der Waals surface area contributed by atoms with Crippen molar-refractivity contribution in [1.82, 2.24) is 9.62 Å². The Labute approximate surface area is 129 Å². The van der Waals surface area contributed by atoms with Gasteiger partial charge in [-0.25, -0.2) is 8.42 Å². The molecule has 0 radical (unpaired) electrons. The molecule has 1 aliphatic heterocycles. The first-order valence-electron chi connectivity index (χ1n) is 7.34. The Morgan fingerprint density at radius 1 is 1.38 bits per heavy atom. The summed E-state index contributed by atoms with van der Waals surface area (Å²) in [6.07, 6.45) is 4.10. The van der Waals surface area contributed by atoms with E-state index in [2.05, 4.69) is 5.32 Å². The number of sulfonamides is 1. The van der Waals surface area contributed by atoms with E-state index in [4.69, 9.17) is 5.26 Å². The highest BCUT2D eigenvalue weighted by Gasteiger charge is 2.40. The zero-order valence-corrected chi connectivity index (χ0v) is 13.4. The Kier molecular flexibility index (Phi) is 4.31. The molecule has 1 saturated carbocycles. The molecular weight excluding hydrogens is 306 g/mol. The molecule has 5 nitrogen and oxygen atoms in total. The maximum absolute atomic E-state index is 12.8. The molecule has 0 spiro atoms. The van der Waals surface area contributed by atoms with Gasteiger partial charge in [0.2, 0.25) is 0 Å². The molecule has 0 bridgehead atoms. The van der Waals surface area contributed by atoms with Crippen LogP contribution in [-0.2, 0) is 10.0 Å². The van der Waals surface area contributed by atoms with Crippen LogP contribution in [0, 0.1) is 17.2 Å². The molecule has 1 unspecified atom stereocenters. The van der Waals surface area contributed by atoms with Gasteiger partial charge in [-0.05, 0) is 56.8 Å². The summed E-state index contributed by atoms with van der Waals surface area (Å²) in [4.78, 5) is 0.448. The molecule has 1 saturated heterocycles. The Morgan fingerprint density at radius 2 is 2.19 bits per heavy atom. The smallest absolute Gasteiger partial charge is 0.252 e. The van der Waals surface area contributed by atoms with Crippen molar-refractivity contribution >= 4 is 21.4 Å². The molecule has 1 aliphatic carbocycles. The molecule has 1 atom stereocenters. The standard InChI is InChI=1S/C14H19N3O2S2/c15-8-13-5-6-14(20-13)21(18,19)17(12-3-4-12)10-11-2-1-7-16-9-11/h5-6,11-12,16H,1-4,7,9-10H2. The fraction of sp³-hybridized carbons (Fsp3) is 0.643. The zero-order valence-electron chi connectivity index (χ0n) is 11.8. The van der Waals surface area contributed by atoms with Gasteiger partial charge in [0, 0.05) is 12.6 Å². The lowest BCUT2D eigenvalue weighted by molar-refractivity contribution is 0.287. The van der Waals surface area contributed by atoms with Gasteiger partial charge >= 0.3 is 0 Å². The van der Waals surface area contributed by atoms with Crippen molar-refractivity contribution in [3.63, 3.8) is 0 Å². The average molecular weight is 325 g/mol. The lowest BCUT2D eigenvalue weighted by atomic mass is 10.00. The summed E-state index contributed by atoms with van der Waals surface area (Å²) in [7, 11) is -3.45. The Morgan fingerprint density at radius 3 is 2.76 bits per heavy atom. The number of rotatable bonds is 5. The van der Waals surface area contributed by atoms with Crippen molar-refractivity contribution < 1.29 is 8.42 Å². The Balaban J connectivity index is 1.80. The molecule has 3 rings (SSSR count). The molecule has 1 aromatic rings. The highest BCUT2D eigenvalue weighted by Crippen LogP contribution is 2.35. The monoisotopic (exact) mass is 325 g/mol. The van der Waals surface area contributed by atoms with Gasteiger partial charge in [-0.2, -0.15) is 9.57 Å². The van der Waals surface area contributed by atoms with Gasteiger partial charge in [-0.3, -0.25) is 0 Å². The van der Waals surface area contributed by atoms with Gasteiger partial charge in [-0.15, -0.1) is 11.3 Å². The number of nitrogens with one attached hydrogen (secondary N) is 1. The van der Waals surface area contributed by atoms with Crippen LogP contribution in [0.25, 0.3) is 0 Å². The average Bonchev–Trinajstić information content (AvgIpc) is 3.20. The van der Waals surface area contributed by atoms with Crippen LogP contribution in [0.3, 0.4) is 0 Å². The second-order valence-electron chi connectivity index (χ2n) is 5.75. The highest BCUT2D eigenvalue weighted by molar-refractivity contribution is 7.91. The second-order valence-corrected chi connectivity index (χ2v) is 8.95. The van der Waals surface area contributed by atoms with Crippen molar-refractivity contribution in [1.29, 1.82) is 5.26 Å². The van der Waals surface area contributed by atoms with Gasteiger partial charge in [0.15, 0.2) is 0 Å². The van der Waals surface area contributed by atoms with Gasteiger partial charge < -0.3 is 5.32 Å². The topological polar surface area (TPSA) is 73.2 Å². The molecule has 7 heteroatoms. The van der Waals surface area contributed by atoms with E-state index < -0.39 is 10.0 Å². The van der Waals surface area contributed by atoms with Crippen molar-refractivity contribution in [2.24, 2.45) is 5.92 Å². The predicted molar refractivity (Wildman–Crippen MR) is 81.5 cm³/mol. The molecule has 2 aliphatic rings. The summed E-state index contributed by atoms with van der Waals surface area (Å²) in [5.74, 6) is 0.393. The summed E-state index contributed by atoms with van der Waals surface area (Å²) < 4.78 is 27.6. The van der Waals surface area contributed by atoms with Crippen LogP contribution < -0.4 is 5.32 Å². The molecule has 114 valence electrons. The highest BCUT2D eigenvalue weighted by atomic mass is 32.2. The molecule has 21 heavy (non-hydrogen) atoms. The van der Waals surface area contributed by atoms with Crippen LogP contribution in [-0.4, -0.2) is 38.4 Å². The summed E-state index contributed by atoms with van der Waals surface area (Å²) in [6.45, 7) is 2.52. The van der Waals surface area contributed by atoms with Gasteiger partial charge in [0.25, 0.3) is 10.0 Å². The summed E-state index contributed by atoms with van der Waals surface area (Å²) >= 11 is 1.07. The van der Waals surface area contributed by atoms with E-state index in [1.807, 2.05) is 6.07 Å². The molecular formula is C14H19N3O2S2. The van der Waals surface area contributed by atoms with E-state index >= 15 is 0 Å².